The fourth-order valence-corrected chi connectivity index (χ4v) is 4.88. The second-order valence-electron chi connectivity index (χ2n) is 8.79. The molecule has 4 rings (SSSR count). The summed E-state index contributed by atoms with van der Waals surface area (Å²) >= 11 is 5.94. The zero-order valence-electron chi connectivity index (χ0n) is 20.1. The molecule has 14 heteroatoms. The van der Waals surface area contributed by atoms with Crippen molar-refractivity contribution in [3.8, 4) is 0 Å². The number of nitrogens with zero attached hydrogens (tertiary/aromatic N) is 2. The van der Waals surface area contributed by atoms with Gasteiger partial charge in [0.1, 0.15) is 12.2 Å². The summed E-state index contributed by atoms with van der Waals surface area (Å²) in [6.07, 6.45) is -6.80. The minimum absolute atomic E-state index is 0. The van der Waals surface area contributed by atoms with Gasteiger partial charge >= 0.3 is 12.2 Å². The van der Waals surface area contributed by atoms with E-state index in [2.05, 4.69) is 10.6 Å². The molecule has 2 aromatic carbocycles. The Morgan fingerprint density at radius 3 is 2.37 bits per heavy atom. The van der Waals surface area contributed by atoms with Gasteiger partial charge in [0.15, 0.2) is 0 Å². The summed E-state index contributed by atoms with van der Waals surface area (Å²) in [4.78, 5) is 16.2. The van der Waals surface area contributed by atoms with E-state index in [0.717, 1.165) is 12.1 Å². The summed E-state index contributed by atoms with van der Waals surface area (Å²) in [5.74, 6) is 0. The van der Waals surface area contributed by atoms with E-state index in [1.54, 1.807) is 30.3 Å². The molecule has 2 aromatic rings. The van der Waals surface area contributed by atoms with Crippen molar-refractivity contribution in [3.05, 3.63) is 59.1 Å². The van der Waals surface area contributed by atoms with Crippen LogP contribution in [0.2, 0.25) is 5.02 Å². The molecule has 0 aromatic heterocycles. The average Bonchev–Trinajstić information content (AvgIpc) is 3.17. The van der Waals surface area contributed by atoms with Crippen LogP contribution >= 0.6 is 36.4 Å². The number of benzene rings is 2. The molecule has 8 nitrogen and oxygen atoms in total. The Morgan fingerprint density at radius 1 is 1.05 bits per heavy atom. The largest absolute Gasteiger partial charge is 0.416 e. The van der Waals surface area contributed by atoms with E-state index in [1.165, 1.54) is 6.07 Å². The van der Waals surface area contributed by atoms with Gasteiger partial charge in [-0.2, -0.15) is 13.2 Å². The number of carbonyl (C=O) groups excluding carboxylic acids is 1. The number of rotatable bonds is 6. The molecule has 2 heterocycles. The van der Waals surface area contributed by atoms with Crippen molar-refractivity contribution in [2.75, 3.05) is 49.5 Å². The van der Waals surface area contributed by atoms with Crippen molar-refractivity contribution < 1.29 is 32.9 Å². The first-order chi connectivity index (χ1) is 17.2. The minimum Gasteiger partial charge on any atom is -0.394 e. The van der Waals surface area contributed by atoms with Crippen molar-refractivity contribution in [1.29, 1.82) is 0 Å². The molecule has 2 aliphatic rings. The van der Waals surface area contributed by atoms with Crippen molar-refractivity contribution in [1.82, 2.24) is 10.2 Å². The summed E-state index contributed by atoms with van der Waals surface area (Å²) in [6.45, 7) is 1.52. The number of aliphatic hydroxyl groups excluding tert-OH is 2. The first kappa shape index (κ1) is 32.2. The molecule has 0 spiro atoms. The van der Waals surface area contributed by atoms with Gasteiger partial charge in [-0.15, -0.1) is 24.8 Å². The molecule has 4 N–H and O–H groups in total. The third kappa shape index (κ3) is 7.78. The zero-order chi connectivity index (χ0) is 25.9. The Labute approximate surface area is 235 Å². The third-order valence-corrected chi connectivity index (χ3v) is 6.70. The molecule has 2 fully saturated rings. The van der Waals surface area contributed by atoms with Gasteiger partial charge in [0.2, 0.25) is 0 Å². The number of halogens is 6. The van der Waals surface area contributed by atoms with Gasteiger partial charge < -0.3 is 30.5 Å². The maximum absolute atomic E-state index is 13.1. The molecule has 212 valence electrons. The standard InChI is InChI=1S/C24H28ClF3N4O4.2ClH/c25-16-4-2-5-17(12-16)30-23(35)29-13-19-21(22(34)20(14-33)36-19)32-9-7-31(8-10-32)18-6-1-3-15(11-18)24(26,27)28;;/h1-6,11-12,19-22,33-34H,7-10,13-14H2,(H2,29,30,35);2*1H/t19-,20+,21+,22-;;/m1../s1. The second-order valence-corrected chi connectivity index (χ2v) is 9.23. The van der Waals surface area contributed by atoms with Crippen molar-refractivity contribution in [3.63, 3.8) is 0 Å². The first-order valence-electron chi connectivity index (χ1n) is 11.6. The van der Waals surface area contributed by atoms with Crippen molar-refractivity contribution in [2.45, 2.75) is 30.5 Å². The number of carbonyl (C=O) groups is 1. The van der Waals surface area contributed by atoms with Crippen LogP contribution in [0.1, 0.15) is 5.56 Å². The Hall–Kier alpha value is -1.99. The molecule has 0 saturated carbocycles. The molecule has 2 aliphatic heterocycles. The quantitative estimate of drug-likeness (QED) is 0.404. The van der Waals surface area contributed by atoms with E-state index >= 15 is 0 Å². The molecule has 0 bridgehead atoms. The van der Waals surface area contributed by atoms with E-state index in [-0.39, 0.29) is 38.0 Å². The molecule has 0 radical (unpaired) electrons. The predicted molar refractivity (Wildman–Crippen MR) is 144 cm³/mol. The first-order valence-corrected chi connectivity index (χ1v) is 11.9. The van der Waals surface area contributed by atoms with Crippen LogP contribution < -0.4 is 15.5 Å². The lowest BCUT2D eigenvalue weighted by Crippen LogP contribution is -2.57. The van der Waals surface area contributed by atoms with Crippen LogP contribution in [0, 0.1) is 0 Å². The number of amides is 2. The molecule has 2 amide bonds. The van der Waals surface area contributed by atoms with Crippen LogP contribution in [0.15, 0.2) is 48.5 Å². The van der Waals surface area contributed by atoms with Gasteiger partial charge in [-0.05, 0) is 36.4 Å². The number of hydrogen-bond acceptors (Lipinski definition) is 6. The zero-order valence-corrected chi connectivity index (χ0v) is 22.5. The van der Waals surface area contributed by atoms with E-state index in [4.69, 9.17) is 16.3 Å². The lowest BCUT2D eigenvalue weighted by molar-refractivity contribution is -0.137. The van der Waals surface area contributed by atoms with Crippen LogP contribution in [0.5, 0.6) is 0 Å². The molecular formula is C24H30Cl3F3N4O4. The maximum Gasteiger partial charge on any atom is 0.416 e. The highest BCUT2D eigenvalue weighted by Gasteiger charge is 2.46. The Kier molecular flexibility index (Phi) is 11.8. The van der Waals surface area contributed by atoms with Crippen LogP contribution in [-0.2, 0) is 10.9 Å². The van der Waals surface area contributed by atoms with E-state index in [9.17, 15) is 28.2 Å². The molecule has 0 aliphatic carbocycles. The normalized spacial score (nSPS) is 23.8. The lowest BCUT2D eigenvalue weighted by atomic mass is 10.0. The number of piperazine rings is 1. The van der Waals surface area contributed by atoms with Gasteiger partial charge in [-0.3, -0.25) is 4.90 Å². The molecule has 0 unspecified atom stereocenters. The number of nitrogens with one attached hydrogen (secondary N) is 2. The highest BCUT2D eigenvalue weighted by atomic mass is 35.5. The number of urea groups is 1. The highest BCUT2D eigenvalue weighted by molar-refractivity contribution is 6.30. The van der Waals surface area contributed by atoms with Crippen LogP contribution in [0.3, 0.4) is 0 Å². The topological polar surface area (TPSA) is 97.3 Å². The molecular weight excluding hydrogens is 572 g/mol. The summed E-state index contributed by atoms with van der Waals surface area (Å²) in [5, 5.41) is 26.3. The van der Waals surface area contributed by atoms with E-state index in [1.807, 2.05) is 9.80 Å². The maximum atomic E-state index is 13.1. The fourth-order valence-electron chi connectivity index (χ4n) is 4.69. The summed E-state index contributed by atoms with van der Waals surface area (Å²) in [6, 6.07) is 10.9. The van der Waals surface area contributed by atoms with Gasteiger partial charge in [-0.25, -0.2) is 4.79 Å². The number of alkyl halides is 3. The number of ether oxygens (including phenoxy) is 1. The number of anilines is 2. The smallest absolute Gasteiger partial charge is 0.394 e. The van der Waals surface area contributed by atoms with Crippen LogP contribution in [0.4, 0.5) is 29.3 Å². The Bertz CT molecular complexity index is 1060. The van der Waals surface area contributed by atoms with Gasteiger partial charge in [0, 0.05) is 49.1 Å². The predicted octanol–water partition coefficient (Wildman–Crippen LogP) is 3.64. The lowest BCUT2D eigenvalue weighted by Gasteiger charge is -2.41. The molecule has 38 heavy (non-hydrogen) atoms. The monoisotopic (exact) mass is 600 g/mol. The number of aliphatic hydroxyl groups is 2. The van der Waals surface area contributed by atoms with Gasteiger partial charge in [0.05, 0.1) is 24.3 Å². The third-order valence-electron chi connectivity index (χ3n) is 6.46. The van der Waals surface area contributed by atoms with Crippen LogP contribution in [0.25, 0.3) is 0 Å². The SMILES string of the molecule is Cl.Cl.O=C(NC[C@H]1O[C@@H](CO)[C@@H](O)[C@H]1N1CCN(c2cccc(C(F)(F)F)c2)CC1)Nc1cccc(Cl)c1. The Morgan fingerprint density at radius 2 is 1.74 bits per heavy atom. The summed E-state index contributed by atoms with van der Waals surface area (Å²) < 4.78 is 45.1. The summed E-state index contributed by atoms with van der Waals surface area (Å²) in [5.41, 5.74) is 0.301. The highest BCUT2D eigenvalue weighted by Crippen LogP contribution is 2.32. The van der Waals surface area contributed by atoms with Gasteiger partial charge in [0.25, 0.3) is 0 Å². The fraction of sp³-hybridized carbons (Fsp3) is 0.458. The second kappa shape index (κ2) is 13.9. The minimum atomic E-state index is -4.41. The van der Waals surface area contributed by atoms with E-state index < -0.39 is 42.1 Å². The van der Waals surface area contributed by atoms with Crippen molar-refractivity contribution in [2.24, 2.45) is 0 Å². The summed E-state index contributed by atoms with van der Waals surface area (Å²) in [7, 11) is 0. The van der Waals surface area contributed by atoms with Gasteiger partial charge in [-0.1, -0.05) is 23.7 Å². The average molecular weight is 602 g/mol. The molecule has 2 saturated heterocycles. The Balaban J connectivity index is 0.00000253. The molecule has 4 atom stereocenters. The van der Waals surface area contributed by atoms with E-state index in [0.29, 0.717) is 42.6 Å². The van der Waals surface area contributed by atoms with Crippen LogP contribution in [-0.4, -0.2) is 84.8 Å². The van der Waals surface area contributed by atoms with Crippen molar-refractivity contribution >= 4 is 53.8 Å². The number of hydrogen-bond donors (Lipinski definition) is 4.